The van der Waals surface area contributed by atoms with Crippen LogP contribution < -0.4 is 5.32 Å². The van der Waals surface area contributed by atoms with E-state index in [0.29, 0.717) is 23.6 Å². The first-order chi connectivity index (χ1) is 15.7. The van der Waals surface area contributed by atoms with Gasteiger partial charge in [0.05, 0.1) is 18.4 Å². The molecule has 0 bridgehead atoms. The molecule has 7 nitrogen and oxygen atoms in total. The summed E-state index contributed by atoms with van der Waals surface area (Å²) in [7, 11) is 0. The summed E-state index contributed by atoms with van der Waals surface area (Å²) in [4.78, 5) is 17.5. The number of aromatic nitrogens is 5. The van der Waals surface area contributed by atoms with Crippen LogP contribution in [0, 0.1) is 5.82 Å². The molecule has 1 amide bonds. The topological polar surface area (TPSA) is 77.6 Å². The second kappa shape index (κ2) is 8.43. The van der Waals surface area contributed by atoms with Crippen LogP contribution in [0.5, 0.6) is 0 Å². The molecule has 5 rings (SSSR count). The van der Waals surface area contributed by atoms with Crippen molar-refractivity contribution in [2.24, 2.45) is 0 Å². The van der Waals surface area contributed by atoms with E-state index in [4.69, 9.17) is 0 Å². The fourth-order valence-electron chi connectivity index (χ4n) is 3.57. The molecule has 158 valence electrons. The summed E-state index contributed by atoms with van der Waals surface area (Å²) in [5.74, 6) is -0.0603. The number of halogens is 1. The van der Waals surface area contributed by atoms with Gasteiger partial charge in [-0.15, -0.1) is 5.10 Å². The highest BCUT2D eigenvalue weighted by molar-refractivity contribution is 5.94. The normalized spacial score (nSPS) is 11.0. The summed E-state index contributed by atoms with van der Waals surface area (Å²) in [6.45, 7) is 0.525. The van der Waals surface area contributed by atoms with E-state index in [2.05, 4.69) is 20.6 Å². The number of hydrogen-bond donors (Lipinski definition) is 1. The molecule has 1 N–H and O–H groups in total. The Bertz CT molecular complexity index is 1370. The van der Waals surface area contributed by atoms with E-state index >= 15 is 0 Å². The third-order valence-electron chi connectivity index (χ3n) is 5.12. The number of fused-ring (bicyclic) bond motifs is 1. The van der Waals surface area contributed by atoms with Crippen molar-refractivity contribution in [2.75, 3.05) is 5.32 Å². The van der Waals surface area contributed by atoms with Gasteiger partial charge in [0.1, 0.15) is 29.4 Å². The molecule has 0 unspecified atom stereocenters. The lowest BCUT2D eigenvalue weighted by atomic mass is 10.1. The number of para-hydroxylation sites is 1. The molecule has 0 aliphatic heterocycles. The first kappa shape index (κ1) is 19.6. The van der Waals surface area contributed by atoms with Crippen molar-refractivity contribution in [3.63, 3.8) is 0 Å². The SMILES string of the molecule is O=C(Cn1nnc2ccccc21)Nc1c(-c2ccc(F)cc2)ncn1Cc1ccccc1. The quantitative estimate of drug-likeness (QED) is 0.443. The van der Waals surface area contributed by atoms with E-state index in [1.807, 2.05) is 59.2 Å². The van der Waals surface area contributed by atoms with Gasteiger partial charge in [-0.25, -0.2) is 14.1 Å². The molecule has 8 heteroatoms. The van der Waals surface area contributed by atoms with Crippen LogP contribution in [0.15, 0.2) is 85.2 Å². The monoisotopic (exact) mass is 426 g/mol. The van der Waals surface area contributed by atoms with Crippen molar-refractivity contribution in [2.45, 2.75) is 13.1 Å². The predicted octanol–water partition coefficient (Wildman–Crippen LogP) is 4.12. The third kappa shape index (κ3) is 3.98. The van der Waals surface area contributed by atoms with Gasteiger partial charge in [-0.05, 0) is 42.0 Å². The minimum Gasteiger partial charge on any atom is -0.312 e. The van der Waals surface area contributed by atoms with Gasteiger partial charge in [0.25, 0.3) is 0 Å². The van der Waals surface area contributed by atoms with Crippen molar-refractivity contribution in [3.05, 3.63) is 96.6 Å². The van der Waals surface area contributed by atoms with Crippen LogP contribution >= 0.6 is 0 Å². The van der Waals surface area contributed by atoms with Gasteiger partial charge in [0.2, 0.25) is 5.91 Å². The number of carbonyl (C=O) groups excluding carboxylic acids is 1. The number of nitrogens with one attached hydrogen (secondary N) is 1. The Balaban J connectivity index is 1.46. The van der Waals surface area contributed by atoms with Gasteiger partial charge < -0.3 is 9.88 Å². The minimum absolute atomic E-state index is 0.000111. The maximum absolute atomic E-state index is 13.4. The second-order valence-corrected chi connectivity index (χ2v) is 7.35. The molecule has 0 aliphatic rings. The number of nitrogens with zero attached hydrogens (tertiary/aromatic N) is 5. The van der Waals surface area contributed by atoms with E-state index in [1.165, 1.54) is 12.1 Å². The number of rotatable bonds is 6. The second-order valence-electron chi connectivity index (χ2n) is 7.35. The molecule has 0 aliphatic carbocycles. The number of hydrogen-bond acceptors (Lipinski definition) is 4. The van der Waals surface area contributed by atoms with Gasteiger partial charge in [0, 0.05) is 5.56 Å². The lowest BCUT2D eigenvalue weighted by Gasteiger charge is -2.12. The van der Waals surface area contributed by atoms with Crippen molar-refractivity contribution >= 4 is 22.8 Å². The smallest absolute Gasteiger partial charge is 0.247 e. The maximum atomic E-state index is 13.4. The molecular weight excluding hydrogens is 407 g/mol. The lowest BCUT2D eigenvalue weighted by molar-refractivity contribution is -0.116. The Morgan fingerprint density at radius 1 is 0.938 bits per heavy atom. The van der Waals surface area contributed by atoms with E-state index in [0.717, 1.165) is 16.6 Å². The molecule has 0 spiro atoms. The Hall–Kier alpha value is -4.33. The molecule has 0 atom stereocenters. The summed E-state index contributed by atoms with van der Waals surface area (Å²) in [5.41, 5.74) is 3.84. The van der Waals surface area contributed by atoms with Crippen LogP contribution in [-0.4, -0.2) is 30.5 Å². The van der Waals surface area contributed by atoms with Gasteiger partial charge in [0.15, 0.2) is 0 Å². The van der Waals surface area contributed by atoms with E-state index in [-0.39, 0.29) is 18.3 Å². The van der Waals surface area contributed by atoms with Gasteiger partial charge >= 0.3 is 0 Å². The highest BCUT2D eigenvalue weighted by Gasteiger charge is 2.17. The highest BCUT2D eigenvalue weighted by atomic mass is 19.1. The van der Waals surface area contributed by atoms with Crippen LogP contribution in [0.3, 0.4) is 0 Å². The zero-order valence-corrected chi connectivity index (χ0v) is 17.0. The molecule has 2 aromatic heterocycles. The first-order valence-corrected chi connectivity index (χ1v) is 10.1. The molecule has 0 fully saturated rings. The average molecular weight is 426 g/mol. The summed E-state index contributed by atoms with van der Waals surface area (Å²) in [6, 6.07) is 23.4. The molecule has 0 radical (unpaired) electrons. The maximum Gasteiger partial charge on any atom is 0.247 e. The van der Waals surface area contributed by atoms with Crippen molar-refractivity contribution in [3.8, 4) is 11.3 Å². The summed E-state index contributed by atoms with van der Waals surface area (Å²) >= 11 is 0. The number of amides is 1. The summed E-state index contributed by atoms with van der Waals surface area (Å²) in [5, 5.41) is 11.2. The minimum atomic E-state index is -0.332. The molecule has 5 aromatic rings. The Kier molecular flexibility index (Phi) is 5.17. The highest BCUT2D eigenvalue weighted by Crippen LogP contribution is 2.28. The third-order valence-corrected chi connectivity index (χ3v) is 5.12. The van der Waals surface area contributed by atoms with Crippen LogP contribution in [-0.2, 0) is 17.9 Å². The van der Waals surface area contributed by atoms with E-state index in [9.17, 15) is 9.18 Å². The van der Waals surface area contributed by atoms with Gasteiger partial charge in [-0.1, -0.05) is 47.7 Å². The molecule has 32 heavy (non-hydrogen) atoms. The van der Waals surface area contributed by atoms with Crippen molar-refractivity contribution < 1.29 is 9.18 Å². The van der Waals surface area contributed by atoms with Crippen LogP contribution in [0.4, 0.5) is 10.2 Å². The Labute approximate surface area is 183 Å². The molecule has 0 saturated carbocycles. The Morgan fingerprint density at radius 2 is 1.69 bits per heavy atom. The molecule has 3 aromatic carbocycles. The molecular formula is C24H19FN6O. The van der Waals surface area contributed by atoms with Gasteiger partial charge in [-0.3, -0.25) is 4.79 Å². The van der Waals surface area contributed by atoms with Crippen LogP contribution in [0.25, 0.3) is 22.3 Å². The lowest BCUT2D eigenvalue weighted by Crippen LogP contribution is -2.21. The van der Waals surface area contributed by atoms with Crippen LogP contribution in [0.2, 0.25) is 0 Å². The van der Waals surface area contributed by atoms with E-state index < -0.39 is 0 Å². The molecule has 2 heterocycles. The number of carbonyl (C=O) groups is 1. The summed E-state index contributed by atoms with van der Waals surface area (Å²) < 4.78 is 16.9. The standard InChI is InChI=1S/C24H19FN6O/c25-19-12-10-18(11-13-19)23-24(30(16-26-23)14-17-6-2-1-3-7-17)27-22(32)15-31-21-9-5-4-8-20(21)28-29-31/h1-13,16H,14-15H2,(H,27,32). The van der Waals surface area contributed by atoms with Crippen molar-refractivity contribution in [1.29, 1.82) is 0 Å². The number of imidazole rings is 1. The average Bonchev–Trinajstić information content (AvgIpc) is 3.39. The fraction of sp³-hybridized carbons (Fsp3) is 0.0833. The number of benzene rings is 3. The molecule has 0 saturated heterocycles. The van der Waals surface area contributed by atoms with Crippen molar-refractivity contribution in [1.82, 2.24) is 24.5 Å². The van der Waals surface area contributed by atoms with Gasteiger partial charge in [-0.2, -0.15) is 0 Å². The first-order valence-electron chi connectivity index (χ1n) is 10.1. The Morgan fingerprint density at radius 3 is 2.50 bits per heavy atom. The zero-order chi connectivity index (χ0) is 21.9. The van der Waals surface area contributed by atoms with Crippen LogP contribution in [0.1, 0.15) is 5.56 Å². The zero-order valence-electron chi connectivity index (χ0n) is 17.0. The van der Waals surface area contributed by atoms with E-state index in [1.54, 1.807) is 23.1 Å². The number of anilines is 1. The summed E-state index contributed by atoms with van der Waals surface area (Å²) in [6.07, 6.45) is 1.67. The predicted molar refractivity (Wildman–Crippen MR) is 119 cm³/mol. The fourth-order valence-corrected chi connectivity index (χ4v) is 3.57. The largest absolute Gasteiger partial charge is 0.312 e.